The molecule has 0 aromatic heterocycles. The lowest BCUT2D eigenvalue weighted by Gasteiger charge is -2.10. The minimum Gasteiger partial charge on any atom is -0.489 e. The Labute approximate surface area is 119 Å². The van der Waals surface area contributed by atoms with E-state index in [4.69, 9.17) is 4.74 Å². The second kappa shape index (κ2) is 5.91. The van der Waals surface area contributed by atoms with E-state index in [1.54, 1.807) is 0 Å². The van der Waals surface area contributed by atoms with Crippen LogP contribution in [-0.2, 0) is 24.2 Å². The zero-order valence-corrected chi connectivity index (χ0v) is 11.5. The van der Waals surface area contributed by atoms with Gasteiger partial charge in [-0.25, -0.2) is 0 Å². The van der Waals surface area contributed by atoms with Crippen LogP contribution in [0.3, 0.4) is 0 Å². The zero-order chi connectivity index (χ0) is 13.8. The molecule has 2 nitrogen and oxygen atoms in total. The molecule has 0 heterocycles. The number of hydrogen-bond donors (Lipinski definition) is 0. The number of ether oxygens (including phenoxy) is 1. The quantitative estimate of drug-likeness (QED) is 0.792. The number of ketones is 1. The molecule has 2 heteroatoms. The van der Waals surface area contributed by atoms with Crippen LogP contribution >= 0.6 is 0 Å². The van der Waals surface area contributed by atoms with Crippen molar-refractivity contribution in [3.8, 4) is 5.75 Å². The maximum absolute atomic E-state index is 11.6. The van der Waals surface area contributed by atoms with Gasteiger partial charge in [0.2, 0.25) is 0 Å². The van der Waals surface area contributed by atoms with Crippen LogP contribution in [0.15, 0.2) is 48.5 Å². The van der Waals surface area contributed by atoms with E-state index in [-0.39, 0.29) is 0 Å². The van der Waals surface area contributed by atoms with Gasteiger partial charge in [0.1, 0.15) is 18.1 Å². The van der Waals surface area contributed by atoms with Crippen molar-refractivity contribution in [2.75, 3.05) is 0 Å². The molecule has 2 aromatic rings. The Morgan fingerprint density at radius 2 is 1.80 bits per heavy atom. The van der Waals surface area contributed by atoms with Gasteiger partial charge in [-0.1, -0.05) is 36.4 Å². The molecule has 2 aromatic carbocycles. The number of carbonyl (C=O) groups excluding carboxylic acids is 1. The topological polar surface area (TPSA) is 26.3 Å². The summed E-state index contributed by atoms with van der Waals surface area (Å²) in [6.07, 6.45) is 3.21. The van der Waals surface area contributed by atoms with Crippen molar-refractivity contribution in [2.45, 2.75) is 32.3 Å². The average Bonchev–Trinajstić information content (AvgIpc) is 2.66. The minimum absolute atomic E-state index is 0.349. The van der Waals surface area contributed by atoms with Crippen LogP contribution in [0, 0.1) is 0 Å². The lowest BCUT2D eigenvalue weighted by molar-refractivity contribution is -0.118. The van der Waals surface area contributed by atoms with Gasteiger partial charge in [-0.2, -0.15) is 0 Å². The predicted octanol–water partition coefficient (Wildman–Crippen LogP) is 3.71. The first kappa shape index (κ1) is 12.9. The summed E-state index contributed by atoms with van der Waals surface area (Å²) in [7, 11) is 0. The fraction of sp³-hybridized carbons (Fsp3) is 0.278. The number of aryl methyl sites for hydroxylation is 1. The fourth-order valence-corrected chi connectivity index (χ4v) is 2.61. The van der Waals surface area contributed by atoms with E-state index in [1.165, 1.54) is 11.1 Å². The van der Waals surface area contributed by atoms with Crippen LogP contribution in [0.2, 0.25) is 0 Å². The van der Waals surface area contributed by atoms with E-state index in [0.29, 0.717) is 25.2 Å². The first-order chi connectivity index (χ1) is 9.81. The molecular weight excluding hydrogens is 248 g/mol. The van der Waals surface area contributed by atoms with Crippen LogP contribution in [0.4, 0.5) is 0 Å². The minimum atomic E-state index is 0.349. The largest absolute Gasteiger partial charge is 0.489 e. The number of fused-ring (bicyclic) bond motifs is 1. The summed E-state index contributed by atoms with van der Waals surface area (Å²) in [5, 5.41) is 0. The molecule has 0 aliphatic heterocycles. The highest BCUT2D eigenvalue weighted by Gasteiger charge is 2.14. The SMILES string of the molecule is O=C1CCCc2cc(OCc3ccccc3)ccc2C1. The number of rotatable bonds is 3. The normalized spacial score (nSPS) is 14.5. The molecule has 0 bridgehead atoms. The third-order valence-corrected chi connectivity index (χ3v) is 3.72. The van der Waals surface area contributed by atoms with Crippen molar-refractivity contribution in [3.63, 3.8) is 0 Å². The Morgan fingerprint density at radius 3 is 2.65 bits per heavy atom. The van der Waals surface area contributed by atoms with Crippen LogP contribution < -0.4 is 4.74 Å². The van der Waals surface area contributed by atoms with Gasteiger partial charge >= 0.3 is 0 Å². The molecule has 0 spiro atoms. The van der Waals surface area contributed by atoms with E-state index >= 15 is 0 Å². The second-order valence-electron chi connectivity index (χ2n) is 5.27. The van der Waals surface area contributed by atoms with E-state index in [1.807, 2.05) is 30.3 Å². The van der Waals surface area contributed by atoms with Gasteiger partial charge in [-0.05, 0) is 41.7 Å². The van der Waals surface area contributed by atoms with Crippen LogP contribution in [0.25, 0.3) is 0 Å². The van der Waals surface area contributed by atoms with Crippen LogP contribution in [0.1, 0.15) is 29.5 Å². The molecule has 0 N–H and O–H groups in total. The number of Topliss-reactive ketones (excluding diaryl/α,β-unsaturated/α-hetero) is 1. The van der Waals surface area contributed by atoms with E-state index < -0.39 is 0 Å². The summed E-state index contributed by atoms with van der Waals surface area (Å²) < 4.78 is 5.84. The molecule has 1 aliphatic carbocycles. The Hall–Kier alpha value is -2.09. The lowest BCUT2D eigenvalue weighted by Crippen LogP contribution is -2.01. The van der Waals surface area contributed by atoms with Gasteiger partial charge in [0, 0.05) is 12.8 Å². The molecule has 0 unspecified atom stereocenters. The molecule has 1 aliphatic rings. The smallest absolute Gasteiger partial charge is 0.137 e. The molecule has 0 fully saturated rings. The first-order valence-electron chi connectivity index (χ1n) is 7.11. The molecule has 0 saturated heterocycles. The maximum Gasteiger partial charge on any atom is 0.137 e. The van der Waals surface area contributed by atoms with Gasteiger partial charge in [0.15, 0.2) is 0 Å². The van der Waals surface area contributed by atoms with Crippen molar-refractivity contribution in [1.29, 1.82) is 0 Å². The van der Waals surface area contributed by atoms with Crippen molar-refractivity contribution in [2.24, 2.45) is 0 Å². The standard InChI is InChI=1S/C18H18O2/c19-17-8-4-7-15-12-18(10-9-16(15)11-17)20-13-14-5-2-1-3-6-14/h1-3,5-6,9-10,12H,4,7-8,11,13H2. The fourth-order valence-electron chi connectivity index (χ4n) is 2.61. The Morgan fingerprint density at radius 1 is 0.950 bits per heavy atom. The molecule has 0 amide bonds. The monoisotopic (exact) mass is 266 g/mol. The Balaban J connectivity index is 1.72. The highest BCUT2D eigenvalue weighted by Crippen LogP contribution is 2.24. The highest BCUT2D eigenvalue weighted by molar-refractivity contribution is 5.81. The molecular formula is C18H18O2. The van der Waals surface area contributed by atoms with Crippen LogP contribution in [0.5, 0.6) is 5.75 Å². The summed E-state index contributed by atoms with van der Waals surface area (Å²) in [5.41, 5.74) is 3.60. The lowest BCUT2D eigenvalue weighted by atomic mass is 10.0. The molecule has 102 valence electrons. The summed E-state index contributed by atoms with van der Waals surface area (Å²) in [6, 6.07) is 16.3. The third kappa shape index (κ3) is 3.08. The van der Waals surface area contributed by atoms with Gasteiger partial charge in [-0.3, -0.25) is 4.79 Å². The van der Waals surface area contributed by atoms with Crippen molar-refractivity contribution >= 4 is 5.78 Å². The second-order valence-corrected chi connectivity index (χ2v) is 5.27. The summed E-state index contributed by atoms with van der Waals surface area (Å²) in [5.74, 6) is 1.24. The molecule has 0 atom stereocenters. The van der Waals surface area contributed by atoms with Gasteiger partial charge in [0.25, 0.3) is 0 Å². The summed E-state index contributed by atoms with van der Waals surface area (Å²) >= 11 is 0. The maximum atomic E-state index is 11.6. The van der Waals surface area contributed by atoms with Gasteiger partial charge in [-0.15, -0.1) is 0 Å². The predicted molar refractivity (Wildman–Crippen MR) is 78.9 cm³/mol. The van der Waals surface area contributed by atoms with Gasteiger partial charge in [0.05, 0.1) is 0 Å². The molecule has 3 rings (SSSR count). The van der Waals surface area contributed by atoms with E-state index in [0.717, 1.165) is 24.2 Å². The van der Waals surface area contributed by atoms with Crippen molar-refractivity contribution < 1.29 is 9.53 Å². The van der Waals surface area contributed by atoms with E-state index in [9.17, 15) is 4.79 Å². The zero-order valence-electron chi connectivity index (χ0n) is 11.5. The van der Waals surface area contributed by atoms with Gasteiger partial charge < -0.3 is 4.74 Å². The van der Waals surface area contributed by atoms with E-state index in [2.05, 4.69) is 18.2 Å². The summed E-state index contributed by atoms with van der Waals surface area (Å²) in [4.78, 5) is 11.6. The molecule has 0 radical (unpaired) electrons. The van der Waals surface area contributed by atoms with Crippen LogP contribution in [-0.4, -0.2) is 5.78 Å². The summed E-state index contributed by atoms with van der Waals surface area (Å²) in [6.45, 7) is 0.582. The number of carbonyl (C=O) groups is 1. The van der Waals surface area contributed by atoms with Crippen molar-refractivity contribution in [1.82, 2.24) is 0 Å². The average molecular weight is 266 g/mol. The molecule has 0 saturated carbocycles. The number of hydrogen-bond acceptors (Lipinski definition) is 2. The first-order valence-corrected chi connectivity index (χ1v) is 7.11. The molecule has 20 heavy (non-hydrogen) atoms. The third-order valence-electron chi connectivity index (χ3n) is 3.72. The Bertz CT molecular complexity index is 602. The highest BCUT2D eigenvalue weighted by atomic mass is 16.5. The number of benzene rings is 2. The Kier molecular flexibility index (Phi) is 3.82. The van der Waals surface area contributed by atoms with Crippen molar-refractivity contribution in [3.05, 3.63) is 65.2 Å².